The van der Waals surface area contributed by atoms with Gasteiger partial charge >= 0.3 is 0 Å². The average Bonchev–Trinajstić information content (AvgIpc) is 1.99. The van der Waals surface area contributed by atoms with E-state index in [1.807, 2.05) is 0 Å². The van der Waals surface area contributed by atoms with E-state index in [0.29, 0.717) is 0 Å². The van der Waals surface area contributed by atoms with Crippen LogP contribution in [0, 0.1) is 11.6 Å². The topological polar surface area (TPSA) is 17.1 Å². The van der Waals surface area contributed by atoms with E-state index in [-0.39, 0.29) is 10.8 Å². The van der Waals surface area contributed by atoms with Gasteiger partial charge in [-0.2, -0.15) is 0 Å². The average molecular weight is 213 g/mol. The molecule has 0 spiro atoms. The molecule has 0 aliphatic carbocycles. The van der Waals surface area contributed by atoms with Gasteiger partial charge in [-0.05, 0) is 23.7 Å². The maximum atomic E-state index is 12.2. The van der Waals surface area contributed by atoms with Crippen molar-refractivity contribution in [3.63, 3.8) is 0 Å². The van der Waals surface area contributed by atoms with E-state index in [1.165, 1.54) is 6.07 Å². The summed E-state index contributed by atoms with van der Waals surface area (Å²) >= 11 is 9.56. The van der Waals surface area contributed by atoms with Gasteiger partial charge in [-0.15, -0.1) is 0 Å². The molecule has 1 rings (SSSR count). The molecule has 0 radical (unpaired) electrons. The Labute approximate surface area is 77.9 Å². The van der Waals surface area contributed by atoms with Gasteiger partial charge in [-0.25, -0.2) is 8.78 Å². The molecular weight excluding hydrogens is 209 g/mol. The third kappa shape index (κ3) is 4.26. The van der Waals surface area contributed by atoms with Crippen molar-refractivity contribution < 1.29 is 13.6 Å². The third-order valence-electron chi connectivity index (χ3n) is 0.882. The molecule has 0 atom stereocenters. The predicted octanol–water partition coefficient (Wildman–Crippen LogP) is 3.03. The largest absolute Gasteiger partial charge is 0.285 e. The molecular formula is C7H4Cl2F2O. The predicted molar refractivity (Wildman–Crippen MR) is 44.0 cm³/mol. The van der Waals surface area contributed by atoms with E-state index in [4.69, 9.17) is 16.4 Å². The minimum absolute atomic E-state index is 0.0589. The lowest BCUT2D eigenvalue weighted by molar-refractivity contribution is 0.569. The van der Waals surface area contributed by atoms with Gasteiger partial charge < -0.3 is 0 Å². The van der Waals surface area contributed by atoms with E-state index in [1.54, 1.807) is 0 Å². The van der Waals surface area contributed by atoms with Gasteiger partial charge in [-0.3, -0.25) is 4.79 Å². The summed E-state index contributed by atoms with van der Waals surface area (Å²) < 4.78 is 24.3. The molecule has 0 N–H and O–H groups in total. The van der Waals surface area contributed by atoms with Crippen LogP contribution in [0.4, 0.5) is 8.78 Å². The highest BCUT2D eigenvalue weighted by molar-refractivity contribution is 6.54. The zero-order valence-electron chi connectivity index (χ0n) is 5.73. The van der Waals surface area contributed by atoms with Crippen LogP contribution in [-0.2, 0) is 4.79 Å². The van der Waals surface area contributed by atoms with Crippen molar-refractivity contribution in [2.24, 2.45) is 0 Å². The van der Waals surface area contributed by atoms with E-state index in [2.05, 4.69) is 11.6 Å². The van der Waals surface area contributed by atoms with Gasteiger partial charge in [0.25, 0.3) is 0 Å². The molecule has 66 valence electrons. The molecule has 0 heterocycles. The SMILES string of the molecule is Fc1ccc(Cl)c(F)c1.O=CCl. The van der Waals surface area contributed by atoms with Gasteiger partial charge in [0.1, 0.15) is 11.6 Å². The minimum atomic E-state index is -0.725. The fourth-order valence-corrected chi connectivity index (χ4v) is 0.588. The molecule has 0 unspecified atom stereocenters. The summed E-state index contributed by atoms with van der Waals surface area (Å²) in [5.74, 6) is -1.12. The van der Waals surface area contributed by atoms with E-state index in [9.17, 15) is 8.78 Å². The number of hydrogen-bond donors (Lipinski definition) is 0. The highest BCUT2D eigenvalue weighted by atomic mass is 35.5. The lowest BCUT2D eigenvalue weighted by Crippen LogP contribution is -1.77. The van der Waals surface area contributed by atoms with Crippen molar-refractivity contribution in [1.82, 2.24) is 0 Å². The Balaban J connectivity index is 0.000000354. The maximum Gasteiger partial charge on any atom is 0.208 e. The van der Waals surface area contributed by atoms with Crippen LogP contribution in [0.2, 0.25) is 5.02 Å². The van der Waals surface area contributed by atoms with Crippen LogP contribution in [-0.4, -0.2) is 5.75 Å². The third-order valence-corrected chi connectivity index (χ3v) is 1.19. The molecule has 1 nitrogen and oxygen atoms in total. The van der Waals surface area contributed by atoms with Crippen molar-refractivity contribution in [3.8, 4) is 0 Å². The van der Waals surface area contributed by atoms with Crippen LogP contribution in [0.1, 0.15) is 0 Å². The quantitative estimate of drug-likeness (QED) is 0.367. The monoisotopic (exact) mass is 212 g/mol. The van der Waals surface area contributed by atoms with E-state index in [0.717, 1.165) is 12.1 Å². The molecule has 1 aromatic rings. The minimum Gasteiger partial charge on any atom is -0.285 e. The summed E-state index contributed by atoms with van der Waals surface area (Å²) in [6, 6.07) is 3.01. The van der Waals surface area contributed by atoms with Gasteiger partial charge in [0, 0.05) is 6.07 Å². The highest BCUT2D eigenvalue weighted by Gasteiger charge is 1.97. The smallest absolute Gasteiger partial charge is 0.208 e. The van der Waals surface area contributed by atoms with Crippen LogP contribution in [0.25, 0.3) is 0 Å². The van der Waals surface area contributed by atoms with Crippen molar-refractivity contribution >= 4 is 28.9 Å². The zero-order valence-corrected chi connectivity index (χ0v) is 7.24. The first-order valence-electron chi connectivity index (χ1n) is 2.76. The second kappa shape index (κ2) is 5.91. The van der Waals surface area contributed by atoms with Crippen LogP contribution in [0.5, 0.6) is 0 Å². The Kier molecular flexibility index (Phi) is 5.58. The standard InChI is InChI=1S/C6H3ClF2.CHClO/c7-5-2-1-4(8)3-6(5)9;2-1-3/h1-3H;1H. The number of rotatable bonds is 0. The Bertz CT molecular complexity index is 266. The fraction of sp³-hybridized carbons (Fsp3) is 0. The van der Waals surface area contributed by atoms with Gasteiger partial charge in [0.05, 0.1) is 5.02 Å². The van der Waals surface area contributed by atoms with Gasteiger partial charge in [-0.1, -0.05) is 11.6 Å². The second-order valence-corrected chi connectivity index (χ2v) is 2.23. The zero-order chi connectivity index (χ0) is 9.56. The summed E-state index contributed by atoms with van der Waals surface area (Å²) in [5, 5.41) is -0.0589. The summed E-state index contributed by atoms with van der Waals surface area (Å²) in [6.45, 7) is 0. The highest BCUT2D eigenvalue weighted by Crippen LogP contribution is 2.13. The molecule has 0 aliphatic rings. The second-order valence-electron chi connectivity index (χ2n) is 1.65. The maximum absolute atomic E-state index is 12.2. The van der Waals surface area contributed by atoms with Crippen molar-refractivity contribution in [3.05, 3.63) is 34.9 Å². The van der Waals surface area contributed by atoms with Gasteiger partial charge in [0.15, 0.2) is 0 Å². The molecule has 0 saturated carbocycles. The van der Waals surface area contributed by atoms with Crippen LogP contribution < -0.4 is 0 Å². The van der Waals surface area contributed by atoms with Crippen molar-refractivity contribution in [2.45, 2.75) is 0 Å². The number of hydrogen-bond acceptors (Lipinski definition) is 1. The lowest BCUT2D eigenvalue weighted by atomic mass is 10.3. The van der Waals surface area contributed by atoms with Gasteiger partial charge in [0.2, 0.25) is 5.75 Å². The first-order valence-corrected chi connectivity index (χ1v) is 3.57. The first-order chi connectivity index (χ1) is 5.61. The number of benzene rings is 1. The van der Waals surface area contributed by atoms with E-state index >= 15 is 0 Å². The molecule has 0 aliphatic heterocycles. The van der Waals surface area contributed by atoms with Crippen LogP contribution in [0.15, 0.2) is 18.2 Å². The Hall–Kier alpha value is -0.670. The number of carbonyl (C=O) groups is 1. The molecule has 0 aromatic heterocycles. The molecule has 1 aromatic carbocycles. The van der Waals surface area contributed by atoms with E-state index < -0.39 is 11.6 Å². The molecule has 0 amide bonds. The lowest BCUT2D eigenvalue weighted by Gasteiger charge is -1.90. The number of carbonyl (C=O) groups excluding carboxylic acids is 1. The Morgan fingerprint density at radius 3 is 2.17 bits per heavy atom. The summed E-state index contributed by atoms with van der Waals surface area (Å²) in [6.07, 6.45) is 0. The first kappa shape index (κ1) is 11.3. The summed E-state index contributed by atoms with van der Waals surface area (Å²) in [5.41, 5.74) is 0. The van der Waals surface area contributed by atoms with Crippen molar-refractivity contribution in [1.29, 1.82) is 0 Å². The fourth-order valence-electron chi connectivity index (χ4n) is 0.470. The van der Waals surface area contributed by atoms with Crippen LogP contribution >= 0.6 is 23.2 Å². The molecule has 12 heavy (non-hydrogen) atoms. The molecule has 5 heteroatoms. The summed E-state index contributed by atoms with van der Waals surface area (Å²) in [7, 11) is 0. The molecule has 0 fully saturated rings. The van der Waals surface area contributed by atoms with Crippen LogP contribution in [0.3, 0.4) is 0 Å². The summed E-state index contributed by atoms with van der Waals surface area (Å²) in [4.78, 5) is 8.57. The number of halogens is 4. The van der Waals surface area contributed by atoms with Crippen molar-refractivity contribution in [2.75, 3.05) is 0 Å². The Morgan fingerprint density at radius 1 is 1.33 bits per heavy atom. The molecule has 0 bridgehead atoms. The normalized spacial score (nSPS) is 8.33. The molecule has 0 saturated heterocycles. The Morgan fingerprint density at radius 2 is 1.83 bits per heavy atom.